The van der Waals surface area contributed by atoms with Crippen molar-refractivity contribution in [2.24, 2.45) is 0 Å². The van der Waals surface area contributed by atoms with Crippen molar-refractivity contribution < 1.29 is 9.72 Å². The summed E-state index contributed by atoms with van der Waals surface area (Å²) in [4.78, 5) is 25.4. The first-order valence-corrected chi connectivity index (χ1v) is 6.06. The van der Waals surface area contributed by atoms with Gasteiger partial charge in [0.1, 0.15) is 12.0 Å². The normalized spacial score (nSPS) is 9.94. The molecule has 98 valence electrons. The zero-order valence-corrected chi connectivity index (χ0v) is 11.6. The van der Waals surface area contributed by atoms with Gasteiger partial charge in [-0.15, -0.1) is 0 Å². The summed E-state index contributed by atoms with van der Waals surface area (Å²) in [5.74, 6) is 0.242. The highest BCUT2D eigenvalue weighted by atomic mass is 79.9. The molecule has 0 aliphatic carbocycles. The van der Waals surface area contributed by atoms with Crippen molar-refractivity contribution in [3.8, 4) is 0 Å². The lowest BCUT2D eigenvalue weighted by molar-refractivity contribution is -0.385. The van der Waals surface area contributed by atoms with Crippen LogP contribution in [0.15, 0.2) is 10.7 Å². The van der Waals surface area contributed by atoms with E-state index in [9.17, 15) is 14.9 Å². The first kappa shape index (κ1) is 14.4. The molecule has 2 N–H and O–H groups in total. The van der Waals surface area contributed by atoms with E-state index in [0.717, 1.165) is 0 Å². The SMILES string of the molecule is CCNC(=O)CNc1ncc([N+](=O)[O-])c(C)c1Br. The Morgan fingerprint density at radius 1 is 1.61 bits per heavy atom. The van der Waals surface area contributed by atoms with Gasteiger partial charge in [-0.2, -0.15) is 0 Å². The van der Waals surface area contributed by atoms with Crippen LogP contribution in [0.25, 0.3) is 0 Å². The number of nitrogens with one attached hydrogen (secondary N) is 2. The fraction of sp³-hybridized carbons (Fsp3) is 0.400. The van der Waals surface area contributed by atoms with Gasteiger partial charge in [-0.05, 0) is 29.8 Å². The quantitative estimate of drug-likeness (QED) is 0.635. The van der Waals surface area contributed by atoms with E-state index in [4.69, 9.17) is 0 Å². The minimum Gasteiger partial charge on any atom is -0.360 e. The number of carbonyl (C=O) groups is 1. The Labute approximate surface area is 112 Å². The summed E-state index contributed by atoms with van der Waals surface area (Å²) in [6, 6.07) is 0. The highest BCUT2D eigenvalue weighted by molar-refractivity contribution is 9.10. The molecule has 0 aliphatic rings. The van der Waals surface area contributed by atoms with Gasteiger partial charge in [0.2, 0.25) is 5.91 Å². The fourth-order valence-electron chi connectivity index (χ4n) is 1.30. The zero-order valence-electron chi connectivity index (χ0n) is 9.99. The molecule has 7 nitrogen and oxygen atoms in total. The van der Waals surface area contributed by atoms with E-state index in [2.05, 4.69) is 31.5 Å². The number of anilines is 1. The highest BCUT2D eigenvalue weighted by Crippen LogP contribution is 2.30. The fourth-order valence-corrected chi connectivity index (χ4v) is 1.75. The van der Waals surface area contributed by atoms with Crippen LogP contribution in [0.5, 0.6) is 0 Å². The third kappa shape index (κ3) is 3.39. The maximum absolute atomic E-state index is 11.3. The number of likely N-dealkylation sites (N-methyl/N-ethyl adjacent to an activating group) is 1. The third-order valence-corrected chi connectivity index (χ3v) is 3.19. The third-order valence-electron chi connectivity index (χ3n) is 2.22. The summed E-state index contributed by atoms with van der Waals surface area (Å²) >= 11 is 3.23. The van der Waals surface area contributed by atoms with Crippen LogP contribution in [-0.2, 0) is 4.79 Å². The van der Waals surface area contributed by atoms with E-state index in [1.54, 1.807) is 6.92 Å². The van der Waals surface area contributed by atoms with Crippen LogP contribution in [0.1, 0.15) is 12.5 Å². The lowest BCUT2D eigenvalue weighted by Crippen LogP contribution is -2.29. The monoisotopic (exact) mass is 316 g/mol. The minimum absolute atomic E-state index is 0.0644. The smallest absolute Gasteiger partial charge is 0.291 e. The Morgan fingerprint density at radius 3 is 2.83 bits per heavy atom. The average molecular weight is 317 g/mol. The van der Waals surface area contributed by atoms with Crippen LogP contribution in [0.2, 0.25) is 0 Å². The van der Waals surface area contributed by atoms with Gasteiger partial charge < -0.3 is 10.6 Å². The molecule has 0 saturated carbocycles. The van der Waals surface area contributed by atoms with E-state index in [0.29, 0.717) is 22.4 Å². The van der Waals surface area contributed by atoms with Crippen molar-refractivity contribution >= 4 is 33.3 Å². The Bertz CT molecular complexity index is 478. The molecular weight excluding hydrogens is 304 g/mol. The number of nitro groups is 1. The van der Waals surface area contributed by atoms with Crippen LogP contribution >= 0.6 is 15.9 Å². The molecule has 0 unspecified atom stereocenters. The van der Waals surface area contributed by atoms with Crippen molar-refractivity contribution in [2.75, 3.05) is 18.4 Å². The summed E-state index contributed by atoms with van der Waals surface area (Å²) in [7, 11) is 0. The number of amides is 1. The van der Waals surface area contributed by atoms with Crippen LogP contribution in [-0.4, -0.2) is 28.9 Å². The summed E-state index contributed by atoms with van der Waals surface area (Å²) in [5, 5.41) is 16.1. The predicted molar refractivity (Wildman–Crippen MR) is 70.5 cm³/mol. The standard InChI is InChI=1S/C10H13BrN4O3/c1-3-12-8(16)5-14-10-9(11)6(2)7(4-13-10)15(17)18/h4H,3,5H2,1-2H3,(H,12,16)(H,13,14). The maximum Gasteiger partial charge on any atom is 0.291 e. The van der Waals surface area contributed by atoms with E-state index < -0.39 is 4.92 Å². The lowest BCUT2D eigenvalue weighted by atomic mass is 10.2. The summed E-state index contributed by atoms with van der Waals surface area (Å²) in [6.45, 7) is 4.05. The van der Waals surface area contributed by atoms with Crippen LogP contribution in [0.4, 0.5) is 11.5 Å². The molecular formula is C10H13BrN4O3. The lowest BCUT2D eigenvalue weighted by Gasteiger charge is -2.09. The Hall–Kier alpha value is -1.70. The molecule has 1 aromatic rings. The predicted octanol–water partition coefficient (Wildman–Crippen LogP) is 1.61. The van der Waals surface area contributed by atoms with Crippen molar-refractivity contribution in [2.45, 2.75) is 13.8 Å². The molecule has 1 amide bonds. The topological polar surface area (TPSA) is 97.2 Å². The van der Waals surface area contributed by atoms with Crippen LogP contribution in [0.3, 0.4) is 0 Å². The molecule has 0 fully saturated rings. The van der Waals surface area contributed by atoms with Crippen molar-refractivity contribution in [3.05, 3.63) is 26.3 Å². The van der Waals surface area contributed by atoms with Gasteiger partial charge in [0.25, 0.3) is 5.69 Å². The number of carbonyl (C=O) groups excluding carboxylic acids is 1. The number of hydrogen-bond acceptors (Lipinski definition) is 5. The zero-order chi connectivity index (χ0) is 13.7. The number of hydrogen-bond donors (Lipinski definition) is 2. The van der Waals surface area contributed by atoms with Gasteiger partial charge in [-0.25, -0.2) is 4.98 Å². The molecule has 1 rings (SSSR count). The molecule has 0 aliphatic heterocycles. The molecule has 0 radical (unpaired) electrons. The van der Waals surface area contributed by atoms with Crippen molar-refractivity contribution in [1.82, 2.24) is 10.3 Å². The first-order chi connectivity index (χ1) is 8.47. The number of rotatable bonds is 5. The molecule has 0 bridgehead atoms. The van der Waals surface area contributed by atoms with Gasteiger partial charge in [0.05, 0.1) is 15.9 Å². The molecule has 18 heavy (non-hydrogen) atoms. The minimum atomic E-state index is -0.499. The second-order valence-corrected chi connectivity index (χ2v) is 4.29. The largest absolute Gasteiger partial charge is 0.360 e. The second-order valence-electron chi connectivity index (χ2n) is 3.50. The van der Waals surface area contributed by atoms with Gasteiger partial charge in [-0.3, -0.25) is 14.9 Å². The average Bonchev–Trinajstić information content (AvgIpc) is 2.31. The van der Waals surface area contributed by atoms with Gasteiger partial charge in [0, 0.05) is 12.1 Å². The van der Waals surface area contributed by atoms with Gasteiger partial charge in [0.15, 0.2) is 0 Å². The number of halogens is 1. The summed E-state index contributed by atoms with van der Waals surface area (Å²) in [6.07, 6.45) is 1.17. The van der Waals surface area contributed by atoms with E-state index >= 15 is 0 Å². The summed E-state index contributed by atoms with van der Waals surface area (Å²) < 4.78 is 0.487. The number of aromatic nitrogens is 1. The first-order valence-electron chi connectivity index (χ1n) is 5.27. The molecule has 1 heterocycles. The Morgan fingerprint density at radius 2 is 2.28 bits per heavy atom. The van der Waals surface area contributed by atoms with Crippen molar-refractivity contribution in [3.63, 3.8) is 0 Å². The molecule has 0 atom stereocenters. The molecule has 0 saturated heterocycles. The Balaban J connectivity index is 2.83. The molecule has 0 aromatic carbocycles. The van der Waals surface area contributed by atoms with Crippen LogP contribution in [0, 0.1) is 17.0 Å². The number of nitrogens with zero attached hydrogens (tertiary/aromatic N) is 2. The summed E-state index contributed by atoms with van der Waals surface area (Å²) in [5.41, 5.74) is 0.402. The Kier molecular flexibility index (Phi) is 5.02. The van der Waals surface area contributed by atoms with E-state index in [-0.39, 0.29) is 18.1 Å². The van der Waals surface area contributed by atoms with Gasteiger partial charge in [-0.1, -0.05) is 0 Å². The molecule has 8 heteroatoms. The molecule has 1 aromatic heterocycles. The van der Waals surface area contributed by atoms with Crippen LogP contribution < -0.4 is 10.6 Å². The highest BCUT2D eigenvalue weighted by Gasteiger charge is 2.17. The number of pyridine rings is 1. The second kappa shape index (κ2) is 6.29. The van der Waals surface area contributed by atoms with Gasteiger partial charge >= 0.3 is 0 Å². The molecule has 0 spiro atoms. The maximum atomic E-state index is 11.3. The van der Waals surface area contributed by atoms with Crippen molar-refractivity contribution in [1.29, 1.82) is 0 Å². The van der Waals surface area contributed by atoms with E-state index in [1.165, 1.54) is 6.20 Å². The van der Waals surface area contributed by atoms with E-state index in [1.807, 2.05) is 6.92 Å².